The Hall–Kier alpha value is -2.33. The summed E-state index contributed by atoms with van der Waals surface area (Å²) in [5.41, 5.74) is 0.870. The highest BCUT2D eigenvalue weighted by Crippen LogP contribution is 2.06. The largest absolute Gasteiger partial charge is 0.385 e. The molecule has 0 aliphatic carbocycles. The van der Waals surface area contributed by atoms with Crippen LogP contribution < -0.4 is 0 Å². The third kappa shape index (κ3) is 3.33. The van der Waals surface area contributed by atoms with Crippen molar-refractivity contribution in [2.24, 2.45) is 0 Å². The van der Waals surface area contributed by atoms with Crippen LogP contribution in [0.3, 0.4) is 0 Å². The molecular weight excluding hydrogens is 260 g/mol. The number of ether oxygens (including phenoxy) is 1. The molecule has 0 heterocycles. The van der Waals surface area contributed by atoms with Crippen molar-refractivity contribution in [3.8, 4) is 0 Å². The van der Waals surface area contributed by atoms with Crippen molar-refractivity contribution in [2.45, 2.75) is 0 Å². The van der Waals surface area contributed by atoms with Crippen molar-refractivity contribution < 1.29 is 14.3 Å². The average molecular weight is 270 g/mol. The van der Waals surface area contributed by atoms with Crippen molar-refractivity contribution >= 4 is 29.0 Å². The standard InChI is InChI=1S/C15H10O3S/c16-14(12-9-5-2-6-10-12)18-15(17)13(19)11-7-3-1-4-8-11/h1-10H. The van der Waals surface area contributed by atoms with Gasteiger partial charge in [-0.1, -0.05) is 60.7 Å². The predicted molar refractivity (Wildman–Crippen MR) is 75.0 cm³/mol. The lowest BCUT2D eigenvalue weighted by Gasteiger charge is -2.04. The zero-order chi connectivity index (χ0) is 13.7. The molecule has 3 nitrogen and oxygen atoms in total. The van der Waals surface area contributed by atoms with Gasteiger partial charge in [-0.05, 0) is 17.7 Å². The lowest BCUT2D eigenvalue weighted by Crippen LogP contribution is -2.20. The van der Waals surface area contributed by atoms with E-state index in [4.69, 9.17) is 17.0 Å². The van der Waals surface area contributed by atoms with Crippen molar-refractivity contribution in [1.82, 2.24) is 0 Å². The quantitative estimate of drug-likeness (QED) is 0.372. The second kappa shape index (κ2) is 6.02. The van der Waals surface area contributed by atoms with E-state index in [-0.39, 0.29) is 4.86 Å². The summed E-state index contributed by atoms with van der Waals surface area (Å²) < 4.78 is 4.73. The van der Waals surface area contributed by atoms with Crippen LogP contribution in [0.2, 0.25) is 0 Å². The van der Waals surface area contributed by atoms with Gasteiger partial charge in [-0.25, -0.2) is 9.59 Å². The Labute approximate surface area is 115 Å². The Balaban J connectivity index is 2.06. The monoisotopic (exact) mass is 270 g/mol. The fourth-order valence-corrected chi connectivity index (χ4v) is 1.65. The van der Waals surface area contributed by atoms with Crippen LogP contribution in [0.15, 0.2) is 60.7 Å². The molecule has 0 radical (unpaired) electrons. The van der Waals surface area contributed by atoms with Gasteiger partial charge in [0.15, 0.2) is 0 Å². The summed E-state index contributed by atoms with van der Waals surface area (Å²) in [6.07, 6.45) is 0. The molecule has 0 unspecified atom stereocenters. The van der Waals surface area contributed by atoms with Crippen LogP contribution in [0, 0.1) is 0 Å². The number of benzene rings is 2. The smallest absolute Gasteiger partial charge is 0.357 e. The number of esters is 2. The molecule has 2 aromatic rings. The van der Waals surface area contributed by atoms with E-state index in [1.807, 2.05) is 6.07 Å². The van der Waals surface area contributed by atoms with Gasteiger partial charge < -0.3 is 4.74 Å². The van der Waals surface area contributed by atoms with Gasteiger partial charge in [-0.3, -0.25) is 0 Å². The van der Waals surface area contributed by atoms with Crippen LogP contribution in [0.5, 0.6) is 0 Å². The van der Waals surface area contributed by atoms with E-state index in [0.717, 1.165) is 0 Å². The van der Waals surface area contributed by atoms with Crippen molar-refractivity contribution in [3.63, 3.8) is 0 Å². The molecule has 0 fully saturated rings. The molecule has 0 spiro atoms. The number of carbonyl (C=O) groups is 2. The van der Waals surface area contributed by atoms with E-state index in [9.17, 15) is 9.59 Å². The molecule has 0 saturated heterocycles. The fourth-order valence-electron chi connectivity index (χ4n) is 1.47. The molecule has 4 heteroatoms. The van der Waals surface area contributed by atoms with E-state index < -0.39 is 11.9 Å². The molecule has 19 heavy (non-hydrogen) atoms. The Morgan fingerprint density at radius 3 is 1.79 bits per heavy atom. The van der Waals surface area contributed by atoms with E-state index in [1.54, 1.807) is 54.6 Å². The highest BCUT2D eigenvalue weighted by atomic mass is 32.1. The molecule has 2 rings (SSSR count). The van der Waals surface area contributed by atoms with Gasteiger partial charge in [-0.15, -0.1) is 0 Å². The molecule has 0 atom stereocenters. The second-order valence-electron chi connectivity index (χ2n) is 3.74. The zero-order valence-corrected chi connectivity index (χ0v) is 10.7. The molecular formula is C15H10O3S. The maximum atomic E-state index is 11.7. The maximum absolute atomic E-state index is 11.7. The normalized spacial score (nSPS) is 9.68. The van der Waals surface area contributed by atoms with Crippen molar-refractivity contribution in [1.29, 1.82) is 0 Å². The summed E-state index contributed by atoms with van der Waals surface area (Å²) in [6, 6.07) is 17.0. The van der Waals surface area contributed by atoms with Gasteiger partial charge in [0.05, 0.1) is 5.56 Å². The Bertz CT molecular complexity index is 606. The summed E-state index contributed by atoms with van der Waals surface area (Å²) >= 11 is 4.98. The van der Waals surface area contributed by atoms with Gasteiger partial charge in [0, 0.05) is 0 Å². The van der Waals surface area contributed by atoms with Crippen LogP contribution in [-0.2, 0) is 9.53 Å². The molecule has 0 aliphatic rings. The first kappa shape index (κ1) is 13.1. The first-order valence-electron chi connectivity index (χ1n) is 5.59. The van der Waals surface area contributed by atoms with Crippen LogP contribution in [0.25, 0.3) is 0 Å². The number of rotatable bonds is 3. The fraction of sp³-hybridized carbons (Fsp3) is 0. The molecule has 0 amide bonds. The van der Waals surface area contributed by atoms with E-state index in [0.29, 0.717) is 11.1 Å². The number of carbonyl (C=O) groups excluding carboxylic acids is 2. The van der Waals surface area contributed by atoms with Crippen LogP contribution in [0.4, 0.5) is 0 Å². The lowest BCUT2D eigenvalue weighted by atomic mass is 10.1. The van der Waals surface area contributed by atoms with Gasteiger partial charge in [0.2, 0.25) is 0 Å². The molecule has 94 valence electrons. The van der Waals surface area contributed by atoms with Gasteiger partial charge >= 0.3 is 11.9 Å². The molecule has 0 aliphatic heterocycles. The number of hydrogen-bond donors (Lipinski definition) is 0. The van der Waals surface area contributed by atoms with Gasteiger partial charge in [0.1, 0.15) is 4.86 Å². The lowest BCUT2D eigenvalue weighted by molar-refractivity contribution is -0.130. The average Bonchev–Trinajstić information content (AvgIpc) is 2.48. The summed E-state index contributed by atoms with van der Waals surface area (Å²) in [5, 5.41) is 0. The molecule has 2 aromatic carbocycles. The van der Waals surface area contributed by atoms with Crippen molar-refractivity contribution in [3.05, 3.63) is 71.8 Å². The zero-order valence-electron chi connectivity index (χ0n) is 9.91. The third-order valence-electron chi connectivity index (χ3n) is 2.42. The Morgan fingerprint density at radius 2 is 1.26 bits per heavy atom. The number of thiocarbonyl (C=S) groups is 1. The Morgan fingerprint density at radius 1 is 0.789 bits per heavy atom. The first-order valence-corrected chi connectivity index (χ1v) is 6.00. The highest BCUT2D eigenvalue weighted by molar-refractivity contribution is 7.82. The topological polar surface area (TPSA) is 43.4 Å². The summed E-state index contributed by atoms with van der Waals surface area (Å²) in [7, 11) is 0. The first-order chi connectivity index (χ1) is 9.18. The van der Waals surface area contributed by atoms with E-state index in [1.165, 1.54) is 0 Å². The number of hydrogen-bond acceptors (Lipinski definition) is 4. The SMILES string of the molecule is O=C(OC(=O)c1ccccc1)C(=S)c1ccccc1. The Kier molecular flexibility index (Phi) is 4.15. The minimum absolute atomic E-state index is 0.00937. The molecule has 0 bridgehead atoms. The molecule has 0 saturated carbocycles. The molecule has 0 aromatic heterocycles. The minimum atomic E-state index is -0.810. The third-order valence-corrected chi connectivity index (χ3v) is 2.82. The highest BCUT2D eigenvalue weighted by Gasteiger charge is 2.18. The van der Waals surface area contributed by atoms with E-state index in [2.05, 4.69) is 0 Å². The van der Waals surface area contributed by atoms with Crippen LogP contribution >= 0.6 is 12.2 Å². The van der Waals surface area contributed by atoms with Crippen molar-refractivity contribution in [2.75, 3.05) is 0 Å². The predicted octanol–water partition coefficient (Wildman–Crippen LogP) is 2.79. The van der Waals surface area contributed by atoms with Crippen LogP contribution in [-0.4, -0.2) is 16.8 Å². The molecule has 0 N–H and O–H groups in total. The summed E-state index contributed by atoms with van der Waals surface area (Å²) in [4.78, 5) is 23.4. The van der Waals surface area contributed by atoms with Gasteiger partial charge in [-0.2, -0.15) is 0 Å². The second-order valence-corrected chi connectivity index (χ2v) is 4.15. The maximum Gasteiger partial charge on any atom is 0.357 e. The summed E-state index contributed by atoms with van der Waals surface area (Å²) in [6.45, 7) is 0. The van der Waals surface area contributed by atoms with Crippen LogP contribution in [0.1, 0.15) is 15.9 Å². The van der Waals surface area contributed by atoms with Gasteiger partial charge in [0.25, 0.3) is 0 Å². The minimum Gasteiger partial charge on any atom is -0.385 e. The van der Waals surface area contributed by atoms with E-state index >= 15 is 0 Å². The summed E-state index contributed by atoms with van der Waals surface area (Å²) in [5.74, 6) is -1.51.